The van der Waals surface area contributed by atoms with Crippen molar-refractivity contribution in [1.29, 1.82) is 0 Å². The van der Waals surface area contributed by atoms with Crippen LogP contribution in [0.5, 0.6) is 0 Å². The fourth-order valence-electron chi connectivity index (χ4n) is 6.52. The van der Waals surface area contributed by atoms with E-state index in [4.69, 9.17) is 20.7 Å². The molecule has 0 bridgehead atoms. The number of nitrogens with two attached hydrogens (primary N) is 1. The number of imidazole rings is 1. The largest absolute Gasteiger partial charge is 0.416 e. The average Bonchev–Trinajstić information content (AvgIpc) is 3.61. The first kappa shape index (κ1) is 27.3. The number of fused-ring (bicyclic) bond motifs is 1. The van der Waals surface area contributed by atoms with E-state index in [2.05, 4.69) is 20.3 Å². The highest BCUT2D eigenvalue weighted by Gasteiger charge is 2.30. The van der Waals surface area contributed by atoms with Crippen molar-refractivity contribution in [1.82, 2.24) is 24.5 Å². The van der Waals surface area contributed by atoms with Gasteiger partial charge in [-0.1, -0.05) is 25.0 Å². The molecule has 1 saturated heterocycles. The van der Waals surface area contributed by atoms with E-state index in [0.717, 1.165) is 93.4 Å². The van der Waals surface area contributed by atoms with E-state index in [1.54, 1.807) is 12.1 Å². The fourth-order valence-corrected chi connectivity index (χ4v) is 6.52. The number of halogens is 3. The number of hydrogen-bond donors (Lipinski definition) is 3. The Morgan fingerprint density at radius 1 is 0.900 bits per heavy atom. The van der Waals surface area contributed by atoms with Crippen molar-refractivity contribution in [2.45, 2.75) is 94.9 Å². The molecule has 3 fully saturated rings. The third-order valence-electron chi connectivity index (χ3n) is 8.93. The Balaban J connectivity index is 1.14. The lowest BCUT2D eigenvalue weighted by Gasteiger charge is -2.32. The molecule has 3 heterocycles. The number of hydrazine groups is 1. The van der Waals surface area contributed by atoms with Crippen LogP contribution < -0.4 is 16.5 Å². The van der Waals surface area contributed by atoms with E-state index in [-0.39, 0.29) is 6.04 Å². The molecule has 0 spiro atoms. The molecule has 3 aliphatic rings. The second-order valence-corrected chi connectivity index (χ2v) is 11.9. The molecule has 2 saturated carbocycles. The molecule has 0 radical (unpaired) electrons. The first-order chi connectivity index (χ1) is 19.3. The van der Waals surface area contributed by atoms with Crippen LogP contribution in [0.1, 0.15) is 81.4 Å². The Morgan fingerprint density at radius 3 is 2.27 bits per heavy atom. The summed E-state index contributed by atoms with van der Waals surface area (Å²) in [5, 5.41) is 5.76. The first-order valence-corrected chi connectivity index (χ1v) is 14.8. The Morgan fingerprint density at radius 2 is 1.60 bits per heavy atom. The van der Waals surface area contributed by atoms with Crippen LogP contribution in [0.15, 0.2) is 30.6 Å². The zero-order valence-electron chi connectivity index (χ0n) is 22.8. The van der Waals surface area contributed by atoms with Crippen molar-refractivity contribution in [3.05, 3.63) is 41.7 Å². The van der Waals surface area contributed by atoms with Gasteiger partial charge in [-0.15, -0.1) is 0 Å². The van der Waals surface area contributed by atoms with Crippen molar-refractivity contribution >= 4 is 22.9 Å². The highest BCUT2D eigenvalue weighted by Crippen LogP contribution is 2.34. The number of anilines is 2. The number of nitrogens with one attached hydrogen (secondary N) is 2. The molecule has 6 rings (SSSR count). The molecule has 1 aliphatic heterocycles. The summed E-state index contributed by atoms with van der Waals surface area (Å²) >= 11 is 0. The predicted octanol–water partition coefficient (Wildman–Crippen LogP) is 5.92. The van der Waals surface area contributed by atoms with Gasteiger partial charge in [-0.25, -0.2) is 9.99 Å². The minimum absolute atomic E-state index is 0.282. The minimum atomic E-state index is -4.30. The van der Waals surface area contributed by atoms with Crippen molar-refractivity contribution < 1.29 is 13.2 Å². The number of piperidine rings is 1. The Hall–Kier alpha value is -2.92. The highest BCUT2D eigenvalue weighted by atomic mass is 19.4. The van der Waals surface area contributed by atoms with Crippen LogP contribution in [0.2, 0.25) is 0 Å². The second-order valence-electron chi connectivity index (χ2n) is 11.9. The molecule has 40 heavy (non-hydrogen) atoms. The molecule has 0 amide bonds. The van der Waals surface area contributed by atoms with Crippen LogP contribution in [0, 0.1) is 5.92 Å². The summed E-state index contributed by atoms with van der Waals surface area (Å²) < 4.78 is 40.9. The van der Waals surface area contributed by atoms with E-state index in [1.165, 1.54) is 25.0 Å². The molecule has 4 N–H and O–H groups in total. The summed E-state index contributed by atoms with van der Waals surface area (Å²) in [7, 11) is 0. The molecule has 2 aliphatic carbocycles. The van der Waals surface area contributed by atoms with Crippen molar-refractivity contribution in [3.63, 3.8) is 0 Å². The number of hydrogen-bond acceptors (Lipinski definition) is 7. The second kappa shape index (κ2) is 11.5. The normalized spacial score (nSPS) is 23.6. The van der Waals surface area contributed by atoms with Crippen LogP contribution in [-0.2, 0) is 12.6 Å². The van der Waals surface area contributed by atoms with Gasteiger partial charge in [0.2, 0.25) is 5.95 Å². The zero-order chi connectivity index (χ0) is 27.7. The van der Waals surface area contributed by atoms with E-state index in [1.807, 2.05) is 6.33 Å². The van der Waals surface area contributed by atoms with Crippen LogP contribution in [0.25, 0.3) is 11.2 Å². The third kappa shape index (κ3) is 6.20. The van der Waals surface area contributed by atoms with Crippen LogP contribution in [-0.4, -0.2) is 49.7 Å². The molecule has 0 unspecified atom stereocenters. The first-order valence-electron chi connectivity index (χ1n) is 14.8. The molecule has 0 atom stereocenters. The van der Waals surface area contributed by atoms with Gasteiger partial charge in [0.25, 0.3) is 0 Å². The number of aromatic nitrogens is 4. The summed E-state index contributed by atoms with van der Waals surface area (Å²) in [4.78, 5) is 14.6. The molecule has 1 aromatic carbocycles. The molecule has 11 heteroatoms. The van der Waals surface area contributed by atoms with Crippen molar-refractivity contribution in [3.8, 4) is 0 Å². The van der Waals surface area contributed by atoms with Gasteiger partial charge >= 0.3 is 6.18 Å². The molecule has 8 nitrogen and oxygen atoms in total. The predicted molar refractivity (Wildman–Crippen MR) is 150 cm³/mol. The van der Waals surface area contributed by atoms with E-state index in [9.17, 15) is 13.2 Å². The molecular formula is C29H39F3N8. The molecule has 216 valence electrons. The number of alkyl halides is 3. The van der Waals surface area contributed by atoms with Gasteiger partial charge in [-0.05, 0) is 81.4 Å². The van der Waals surface area contributed by atoms with Crippen molar-refractivity contribution in [2.75, 3.05) is 23.8 Å². The lowest BCUT2D eigenvalue weighted by molar-refractivity contribution is -0.137. The summed E-state index contributed by atoms with van der Waals surface area (Å²) in [5.41, 5.74) is 11.7. The fraction of sp³-hybridized carbons (Fsp3) is 0.621. The van der Waals surface area contributed by atoms with Gasteiger partial charge in [-0.3, -0.25) is 0 Å². The molecule has 3 aromatic rings. The van der Waals surface area contributed by atoms with Crippen LogP contribution in [0.3, 0.4) is 0 Å². The number of rotatable bonds is 7. The van der Waals surface area contributed by atoms with Gasteiger partial charge in [0.1, 0.15) is 0 Å². The smallest absolute Gasteiger partial charge is 0.351 e. The maximum absolute atomic E-state index is 12.9. The third-order valence-corrected chi connectivity index (χ3v) is 8.93. The summed E-state index contributed by atoms with van der Waals surface area (Å²) in [6.07, 6.45) is 9.10. The van der Waals surface area contributed by atoms with Gasteiger partial charge in [0, 0.05) is 31.2 Å². The zero-order valence-corrected chi connectivity index (χ0v) is 22.8. The standard InChI is InChI=1S/C29H39F3N8/c30-29(31,32)21-7-5-19(6-8-21)17-20-13-15-39(16-14-20)38-26-25-27(40(18-34-25)24-3-1-2-4-24)37-28(36-26)35-23-11-9-22(33)10-12-23/h5-8,18,20,22-24H,1-4,9-17,33H2,(H2,35,36,37,38)/t22-,23-. The average molecular weight is 557 g/mol. The van der Waals surface area contributed by atoms with Gasteiger partial charge < -0.3 is 21.0 Å². The Kier molecular flexibility index (Phi) is 7.85. The van der Waals surface area contributed by atoms with E-state index < -0.39 is 11.7 Å². The lowest BCUT2D eigenvalue weighted by atomic mass is 9.90. The number of nitrogens with zero attached hydrogens (tertiary/aromatic N) is 5. The van der Waals surface area contributed by atoms with Gasteiger partial charge in [0.05, 0.1) is 11.9 Å². The molecular weight excluding hydrogens is 517 g/mol. The highest BCUT2D eigenvalue weighted by molar-refractivity contribution is 5.84. The summed E-state index contributed by atoms with van der Waals surface area (Å²) in [6, 6.07) is 6.61. The van der Waals surface area contributed by atoms with Gasteiger partial charge in [0.15, 0.2) is 17.0 Å². The van der Waals surface area contributed by atoms with Crippen LogP contribution >= 0.6 is 0 Å². The van der Waals surface area contributed by atoms with E-state index >= 15 is 0 Å². The topological polar surface area (TPSA) is 96.9 Å². The molecule has 2 aromatic heterocycles. The van der Waals surface area contributed by atoms with Crippen LogP contribution in [0.4, 0.5) is 24.9 Å². The van der Waals surface area contributed by atoms with Crippen molar-refractivity contribution in [2.24, 2.45) is 11.7 Å². The van der Waals surface area contributed by atoms with E-state index in [0.29, 0.717) is 23.9 Å². The number of benzene rings is 1. The Bertz CT molecular complexity index is 1270. The maximum atomic E-state index is 12.9. The summed E-state index contributed by atoms with van der Waals surface area (Å²) in [5.74, 6) is 1.78. The maximum Gasteiger partial charge on any atom is 0.416 e. The minimum Gasteiger partial charge on any atom is -0.351 e. The lowest BCUT2D eigenvalue weighted by Crippen LogP contribution is -2.39. The Labute approximate surface area is 232 Å². The monoisotopic (exact) mass is 556 g/mol. The quantitative estimate of drug-likeness (QED) is 0.332. The SMILES string of the molecule is N[C@H]1CC[C@H](Nc2nc(NN3CCC(Cc4ccc(C(F)(F)F)cc4)CC3)c3ncn(C4CCCC4)c3n2)CC1. The van der Waals surface area contributed by atoms with Gasteiger partial charge in [-0.2, -0.15) is 23.1 Å². The summed E-state index contributed by atoms with van der Waals surface area (Å²) in [6.45, 7) is 1.65.